The van der Waals surface area contributed by atoms with E-state index in [1.54, 1.807) is 7.11 Å². The Morgan fingerprint density at radius 1 is 1.08 bits per heavy atom. The lowest BCUT2D eigenvalue weighted by molar-refractivity contribution is 0.0939. The van der Waals surface area contributed by atoms with Gasteiger partial charge >= 0.3 is 0 Å². The molecule has 5 heteroatoms. The highest BCUT2D eigenvalue weighted by Crippen LogP contribution is 2.44. The molecule has 138 valence electrons. The first-order valence-electron chi connectivity index (χ1n) is 8.85. The SMILES string of the molecule is COc1ccc(F)cc1C(=O)NCC1(c2ccccc2OC)CCCC1. The zero-order chi connectivity index (χ0) is 18.6. The van der Waals surface area contributed by atoms with E-state index in [1.165, 1.54) is 25.3 Å². The van der Waals surface area contributed by atoms with Crippen LogP contribution in [0.15, 0.2) is 42.5 Å². The van der Waals surface area contributed by atoms with Crippen LogP contribution < -0.4 is 14.8 Å². The van der Waals surface area contributed by atoms with E-state index in [1.807, 2.05) is 18.2 Å². The molecule has 0 radical (unpaired) electrons. The Morgan fingerprint density at radius 2 is 1.77 bits per heavy atom. The molecule has 26 heavy (non-hydrogen) atoms. The van der Waals surface area contributed by atoms with Crippen molar-refractivity contribution in [1.82, 2.24) is 5.32 Å². The normalized spacial score (nSPS) is 15.5. The van der Waals surface area contributed by atoms with Gasteiger partial charge in [-0.1, -0.05) is 31.0 Å². The molecular formula is C21H24FNO3. The van der Waals surface area contributed by atoms with Gasteiger partial charge in [0.25, 0.3) is 5.91 Å². The van der Waals surface area contributed by atoms with Crippen molar-refractivity contribution < 1.29 is 18.7 Å². The summed E-state index contributed by atoms with van der Waals surface area (Å²) in [4.78, 5) is 12.7. The molecule has 0 aromatic heterocycles. The maximum atomic E-state index is 13.6. The first-order valence-corrected chi connectivity index (χ1v) is 8.85. The third-order valence-corrected chi connectivity index (χ3v) is 5.23. The van der Waals surface area contributed by atoms with Crippen LogP contribution >= 0.6 is 0 Å². The highest BCUT2D eigenvalue weighted by atomic mass is 19.1. The first-order chi connectivity index (χ1) is 12.6. The zero-order valence-corrected chi connectivity index (χ0v) is 15.2. The van der Waals surface area contributed by atoms with E-state index in [-0.39, 0.29) is 16.9 Å². The molecule has 2 aromatic rings. The van der Waals surface area contributed by atoms with Crippen LogP contribution in [0.2, 0.25) is 0 Å². The number of halogens is 1. The Hall–Kier alpha value is -2.56. The van der Waals surface area contributed by atoms with Gasteiger partial charge in [-0.15, -0.1) is 0 Å². The van der Waals surface area contributed by atoms with Crippen LogP contribution in [-0.4, -0.2) is 26.7 Å². The van der Waals surface area contributed by atoms with Crippen molar-refractivity contribution in [2.24, 2.45) is 0 Å². The largest absolute Gasteiger partial charge is 0.496 e. The van der Waals surface area contributed by atoms with E-state index in [0.717, 1.165) is 37.0 Å². The number of hydrogen-bond donors (Lipinski definition) is 1. The lowest BCUT2D eigenvalue weighted by Gasteiger charge is -2.31. The molecule has 1 fully saturated rings. The van der Waals surface area contributed by atoms with Gasteiger partial charge in [0.05, 0.1) is 19.8 Å². The molecule has 4 nitrogen and oxygen atoms in total. The molecule has 2 aromatic carbocycles. The molecule has 0 unspecified atom stereocenters. The summed E-state index contributed by atoms with van der Waals surface area (Å²) in [5.41, 5.74) is 1.16. The number of methoxy groups -OCH3 is 2. The number of amides is 1. The highest BCUT2D eigenvalue weighted by Gasteiger charge is 2.38. The van der Waals surface area contributed by atoms with Crippen LogP contribution in [0.4, 0.5) is 4.39 Å². The Morgan fingerprint density at radius 3 is 2.46 bits per heavy atom. The maximum Gasteiger partial charge on any atom is 0.255 e. The summed E-state index contributed by atoms with van der Waals surface area (Å²) in [6.07, 6.45) is 4.18. The minimum Gasteiger partial charge on any atom is -0.496 e. The molecule has 0 saturated heterocycles. The van der Waals surface area contributed by atoms with Gasteiger partial charge in [0.2, 0.25) is 0 Å². The molecule has 1 aliphatic rings. The van der Waals surface area contributed by atoms with Crippen molar-refractivity contribution >= 4 is 5.91 Å². The highest BCUT2D eigenvalue weighted by molar-refractivity contribution is 5.97. The minimum atomic E-state index is -0.462. The van der Waals surface area contributed by atoms with E-state index in [2.05, 4.69) is 11.4 Å². The maximum absolute atomic E-state index is 13.6. The standard InChI is InChI=1S/C21H24FNO3/c1-25-18-10-9-15(22)13-16(18)20(24)23-14-21(11-5-6-12-21)17-7-3-4-8-19(17)26-2/h3-4,7-10,13H,5-6,11-12,14H2,1-2H3,(H,23,24). The van der Waals surface area contributed by atoms with Gasteiger partial charge in [-0.05, 0) is 37.1 Å². The van der Waals surface area contributed by atoms with Crippen molar-refractivity contribution in [3.63, 3.8) is 0 Å². The van der Waals surface area contributed by atoms with E-state index in [0.29, 0.717) is 12.3 Å². The van der Waals surface area contributed by atoms with Gasteiger partial charge in [-0.25, -0.2) is 4.39 Å². The van der Waals surface area contributed by atoms with Crippen molar-refractivity contribution in [3.8, 4) is 11.5 Å². The number of ether oxygens (including phenoxy) is 2. The van der Waals surface area contributed by atoms with Crippen LogP contribution in [-0.2, 0) is 5.41 Å². The lowest BCUT2D eigenvalue weighted by atomic mass is 9.78. The molecule has 0 heterocycles. The Balaban J connectivity index is 1.84. The Bertz CT molecular complexity index is 785. The van der Waals surface area contributed by atoms with Crippen LogP contribution in [0.3, 0.4) is 0 Å². The smallest absolute Gasteiger partial charge is 0.255 e. The number of benzene rings is 2. The number of rotatable bonds is 6. The average Bonchev–Trinajstić information content (AvgIpc) is 3.16. The summed E-state index contributed by atoms with van der Waals surface area (Å²) in [6.45, 7) is 0.478. The summed E-state index contributed by atoms with van der Waals surface area (Å²) >= 11 is 0. The molecule has 1 N–H and O–H groups in total. The van der Waals surface area contributed by atoms with Gasteiger partial charge in [-0.3, -0.25) is 4.79 Å². The fourth-order valence-corrected chi connectivity index (χ4v) is 3.88. The quantitative estimate of drug-likeness (QED) is 0.847. The molecule has 0 aliphatic heterocycles. The molecule has 0 bridgehead atoms. The van der Waals surface area contributed by atoms with Crippen LogP contribution in [0.25, 0.3) is 0 Å². The molecule has 3 rings (SSSR count). The van der Waals surface area contributed by atoms with Crippen molar-refractivity contribution in [1.29, 1.82) is 0 Å². The van der Waals surface area contributed by atoms with Gasteiger partial charge < -0.3 is 14.8 Å². The predicted molar refractivity (Wildman–Crippen MR) is 98.4 cm³/mol. The number of hydrogen-bond acceptors (Lipinski definition) is 3. The zero-order valence-electron chi connectivity index (χ0n) is 15.2. The second-order valence-corrected chi connectivity index (χ2v) is 6.72. The second kappa shape index (κ2) is 7.77. The number of para-hydroxylation sites is 1. The predicted octanol–water partition coefficient (Wildman–Crippen LogP) is 4.08. The van der Waals surface area contributed by atoms with E-state index in [4.69, 9.17) is 9.47 Å². The Kier molecular flexibility index (Phi) is 5.45. The molecule has 0 atom stereocenters. The van der Waals surface area contributed by atoms with Crippen LogP contribution in [0, 0.1) is 5.82 Å². The first kappa shape index (κ1) is 18.2. The lowest BCUT2D eigenvalue weighted by Crippen LogP contribution is -2.39. The van der Waals surface area contributed by atoms with Crippen molar-refractivity contribution in [2.45, 2.75) is 31.1 Å². The van der Waals surface area contributed by atoms with Gasteiger partial charge in [0.1, 0.15) is 17.3 Å². The third-order valence-electron chi connectivity index (χ3n) is 5.23. The second-order valence-electron chi connectivity index (χ2n) is 6.72. The topological polar surface area (TPSA) is 47.6 Å². The monoisotopic (exact) mass is 357 g/mol. The Labute approximate surface area is 153 Å². The molecule has 1 saturated carbocycles. The molecule has 1 amide bonds. The van der Waals surface area contributed by atoms with E-state index >= 15 is 0 Å². The van der Waals surface area contributed by atoms with Crippen LogP contribution in [0.1, 0.15) is 41.6 Å². The number of carbonyl (C=O) groups is 1. The molecular weight excluding hydrogens is 333 g/mol. The van der Waals surface area contributed by atoms with E-state index in [9.17, 15) is 9.18 Å². The van der Waals surface area contributed by atoms with Crippen LogP contribution in [0.5, 0.6) is 11.5 Å². The summed E-state index contributed by atoms with van der Waals surface area (Å²) in [7, 11) is 3.13. The average molecular weight is 357 g/mol. The third kappa shape index (κ3) is 3.52. The van der Waals surface area contributed by atoms with Crippen molar-refractivity contribution in [3.05, 3.63) is 59.4 Å². The van der Waals surface area contributed by atoms with Gasteiger partial charge in [0.15, 0.2) is 0 Å². The van der Waals surface area contributed by atoms with E-state index < -0.39 is 5.82 Å². The fourth-order valence-electron chi connectivity index (χ4n) is 3.88. The fraction of sp³-hybridized carbons (Fsp3) is 0.381. The number of carbonyl (C=O) groups excluding carboxylic acids is 1. The van der Waals surface area contributed by atoms with Gasteiger partial charge in [-0.2, -0.15) is 0 Å². The minimum absolute atomic E-state index is 0.164. The summed E-state index contributed by atoms with van der Waals surface area (Å²) in [5.74, 6) is 0.410. The molecule has 1 aliphatic carbocycles. The van der Waals surface area contributed by atoms with Gasteiger partial charge in [0, 0.05) is 17.5 Å². The number of nitrogens with one attached hydrogen (secondary N) is 1. The molecule has 0 spiro atoms. The summed E-state index contributed by atoms with van der Waals surface area (Å²) in [6, 6.07) is 11.9. The van der Waals surface area contributed by atoms with Crippen molar-refractivity contribution in [2.75, 3.05) is 20.8 Å². The summed E-state index contributed by atoms with van der Waals surface area (Å²) in [5, 5.41) is 2.99. The summed E-state index contributed by atoms with van der Waals surface area (Å²) < 4.78 is 24.3.